The number of hydrogen-bond donors (Lipinski definition) is 1. The quantitative estimate of drug-likeness (QED) is 0.864. The third-order valence-corrected chi connectivity index (χ3v) is 4.77. The summed E-state index contributed by atoms with van der Waals surface area (Å²) in [7, 11) is 0. The van der Waals surface area contributed by atoms with E-state index >= 15 is 0 Å². The molecule has 1 aliphatic rings. The summed E-state index contributed by atoms with van der Waals surface area (Å²) in [5.41, 5.74) is -0.441. The molecule has 0 aromatic carbocycles. The van der Waals surface area contributed by atoms with Gasteiger partial charge in [0.25, 0.3) is 0 Å². The van der Waals surface area contributed by atoms with Gasteiger partial charge >= 0.3 is 5.97 Å². The smallest absolute Gasteiger partial charge is 0.309 e. The van der Waals surface area contributed by atoms with Gasteiger partial charge in [-0.1, -0.05) is 19.4 Å². The third kappa shape index (κ3) is 2.01. The SMILES string of the molecule is CCC[C@@]1(C(=O)O)CC[C@H](c2cccs2)C1. The first-order valence-electron chi connectivity index (χ1n) is 5.95. The van der Waals surface area contributed by atoms with Crippen molar-refractivity contribution in [3.8, 4) is 0 Å². The van der Waals surface area contributed by atoms with Crippen LogP contribution in [-0.4, -0.2) is 11.1 Å². The Hall–Kier alpha value is -0.830. The van der Waals surface area contributed by atoms with Crippen LogP contribution in [0.25, 0.3) is 0 Å². The Morgan fingerprint density at radius 3 is 3.06 bits per heavy atom. The maximum atomic E-state index is 11.4. The maximum Gasteiger partial charge on any atom is 0.309 e. The molecule has 1 fully saturated rings. The van der Waals surface area contributed by atoms with Crippen molar-refractivity contribution in [2.45, 2.75) is 44.9 Å². The minimum Gasteiger partial charge on any atom is -0.481 e. The highest BCUT2D eigenvalue weighted by atomic mass is 32.1. The van der Waals surface area contributed by atoms with E-state index in [4.69, 9.17) is 0 Å². The van der Waals surface area contributed by atoms with Gasteiger partial charge in [0.1, 0.15) is 0 Å². The van der Waals surface area contributed by atoms with E-state index in [0.717, 1.165) is 32.1 Å². The minimum absolute atomic E-state index is 0.441. The molecular weight excluding hydrogens is 220 g/mol. The van der Waals surface area contributed by atoms with Gasteiger partial charge in [-0.15, -0.1) is 11.3 Å². The first-order chi connectivity index (χ1) is 7.68. The molecule has 1 N–H and O–H groups in total. The van der Waals surface area contributed by atoms with Gasteiger partial charge in [0.05, 0.1) is 5.41 Å². The van der Waals surface area contributed by atoms with E-state index in [1.165, 1.54) is 4.88 Å². The van der Waals surface area contributed by atoms with Gasteiger partial charge in [-0.3, -0.25) is 4.79 Å². The molecule has 1 aromatic rings. The molecule has 1 aromatic heterocycles. The molecule has 0 unspecified atom stereocenters. The molecule has 0 saturated heterocycles. The minimum atomic E-state index is -0.589. The van der Waals surface area contributed by atoms with Crippen LogP contribution in [-0.2, 0) is 4.79 Å². The lowest BCUT2D eigenvalue weighted by Crippen LogP contribution is -2.27. The predicted molar refractivity (Wildman–Crippen MR) is 65.9 cm³/mol. The van der Waals surface area contributed by atoms with Gasteiger partial charge in [-0.05, 0) is 43.0 Å². The fraction of sp³-hybridized carbons (Fsp3) is 0.615. The van der Waals surface area contributed by atoms with Crippen molar-refractivity contribution >= 4 is 17.3 Å². The number of thiophene rings is 1. The summed E-state index contributed by atoms with van der Waals surface area (Å²) in [6.07, 6.45) is 4.50. The monoisotopic (exact) mass is 238 g/mol. The summed E-state index contributed by atoms with van der Waals surface area (Å²) < 4.78 is 0. The largest absolute Gasteiger partial charge is 0.481 e. The molecule has 2 nitrogen and oxygen atoms in total. The molecule has 3 heteroatoms. The maximum absolute atomic E-state index is 11.4. The van der Waals surface area contributed by atoms with Gasteiger partial charge in [0, 0.05) is 4.88 Å². The van der Waals surface area contributed by atoms with Crippen molar-refractivity contribution < 1.29 is 9.90 Å². The predicted octanol–water partition coefficient (Wildman–Crippen LogP) is 3.89. The van der Waals surface area contributed by atoms with Crippen LogP contribution >= 0.6 is 11.3 Å². The summed E-state index contributed by atoms with van der Waals surface area (Å²) in [6, 6.07) is 4.19. The molecule has 0 amide bonds. The van der Waals surface area contributed by atoms with Crippen LogP contribution in [0, 0.1) is 5.41 Å². The van der Waals surface area contributed by atoms with Crippen LogP contribution in [0.3, 0.4) is 0 Å². The summed E-state index contributed by atoms with van der Waals surface area (Å²) >= 11 is 1.76. The molecule has 1 aliphatic carbocycles. The van der Waals surface area contributed by atoms with Crippen molar-refractivity contribution in [3.63, 3.8) is 0 Å². The Kier molecular flexibility index (Phi) is 3.33. The molecule has 1 saturated carbocycles. The number of rotatable bonds is 4. The first-order valence-corrected chi connectivity index (χ1v) is 6.83. The highest BCUT2D eigenvalue weighted by molar-refractivity contribution is 7.10. The summed E-state index contributed by atoms with van der Waals surface area (Å²) in [4.78, 5) is 12.8. The van der Waals surface area contributed by atoms with Crippen LogP contribution in [0.2, 0.25) is 0 Å². The lowest BCUT2D eigenvalue weighted by Gasteiger charge is -2.23. The number of carbonyl (C=O) groups is 1. The van der Waals surface area contributed by atoms with Crippen molar-refractivity contribution in [1.29, 1.82) is 0 Å². The van der Waals surface area contributed by atoms with Crippen molar-refractivity contribution in [2.75, 3.05) is 0 Å². The van der Waals surface area contributed by atoms with E-state index in [9.17, 15) is 9.90 Å². The molecule has 2 atom stereocenters. The van der Waals surface area contributed by atoms with Crippen molar-refractivity contribution in [1.82, 2.24) is 0 Å². The Balaban J connectivity index is 2.13. The average Bonchev–Trinajstić information content (AvgIpc) is 2.84. The van der Waals surface area contributed by atoms with E-state index in [1.807, 2.05) is 0 Å². The number of carboxylic acids is 1. The van der Waals surface area contributed by atoms with Gasteiger partial charge in [0.2, 0.25) is 0 Å². The molecule has 0 radical (unpaired) electrons. The number of carboxylic acid groups (broad SMARTS) is 1. The van der Waals surface area contributed by atoms with Crippen LogP contribution in [0.4, 0.5) is 0 Å². The molecular formula is C13H18O2S. The van der Waals surface area contributed by atoms with Crippen molar-refractivity contribution in [2.24, 2.45) is 5.41 Å². The standard InChI is InChI=1S/C13H18O2S/c1-2-6-13(12(14)15)7-5-10(9-13)11-4-3-8-16-11/h3-4,8,10H,2,5-7,9H2,1H3,(H,14,15)/t10-,13+/m0/s1. The summed E-state index contributed by atoms with van der Waals surface area (Å²) in [5.74, 6) is -0.115. The lowest BCUT2D eigenvalue weighted by atomic mass is 9.81. The Morgan fingerprint density at radius 1 is 1.69 bits per heavy atom. The Labute approximate surface area is 100 Å². The normalized spacial score (nSPS) is 29.4. The average molecular weight is 238 g/mol. The molecule has 0 aliphatic heterocycles. The fourth-order valence-electron chi connectivity index (χ4n) is 2.90. The van der Waals surface area contributed by atoms with Crippen LogP contribution in [0.15, 0.2) is 17.5 Å². The molecule has 1 heterocycles. The van der Waals surface area contributed by atoms with E-state index < -0.39 is 11.4 Å². The zero-order chi connectivity index (χ0) is 11.6. The fourth-order valence-corrected chi connectivity index (χ4v) is 3.76. The van der Waals surface area contributed by atoms with Crippen LogP contribution < -0.4 is 0 Å². The summed E-state index contributed by atoms with van der Waals surface area (Å²) in [5, 5.41) is 11.5. The van der Waals surface area contributed by atoms with Gasteiger partial charge < -0.3 is 5.11 Å². The van der Waals surface area contributed by atoms with Crippen LogP contribution in [0.1, 0.15) is 49.8 Å². The second-order valence-electron chi connectivity index (χ2n) is 4.79. The lowest BCUT2D eigenvalue weighted by molar-refractivity contribution is -0.149. The molecule has 0 spiro atoms. The van der Waals surface area contributed by atoms with Gasteiger partial charge in [-0.25, -0.2) is 0 Å². The zero-order valence-electron chi connectivity index (χ0n) is 9.61. The third-order valence-electron chi connectivity index (χ3n) is 3.74. The molecule has 2 rings (SSSR count). The molecule has 88 valence electrons. The number of aliphatic carboxylic acids is 1. The Morgan fingerprint density at radius 2 is 2.50 bits per heavy atom. The van der Waals surface area contributed by atoms with Gasteiger partial charge in [-0.2, -0.15) is 0 Å². The van der Waals surface area contributed by atoms with Crippen molar-refractivity contribution in [3.05, 3.63) is 22.4 Å². The number of hydrogen-bond acceptors (Lipinski definition) is 2. The van der Waals surface area contributed by atoms with E-state index in [2.05, 4.69) is 24.4 Å². The summed E-state index contributed by atoms with van der Waals surface area (Å²) in [6.45, 7) is 2.07. The zero-order valence-corrected chi connectivity index (χ0v) is 10.4. The Bertz CT molecular complexity index is 358. The highest BCUT2D eigenvalue weighted by Crippen LogP contribution is 2.50. The molecule has 16 heavy (non-hydrogen) atoms. The van der Waals surface area contributed by atoms with Gasteiger partial charge in [0.15, 0.2) is 0 Å². The molecule has 0 bridgehead atoms. The second-order valence-corrected chi connectivity index (χ2v) is 5.77. The van der Waals surface area contributed by atoms with E-state index in [-0.39, 0.29) is 0 Å². The highest BCUT2D eigenvalue weighted by Gasteiger charge is 2.45. The topological polar surface area (TPSA) is 37.3 Å². The first kappa shape index (κ1) is 11.6. The van der Waals surface area contributed by atoms with E-state index in [0.29, 0.717) is 5.92 Å². The van der Waals surface area contributed by atoms with Crippen LogP contribution in [0.5, 0.6) is 0 Å². The second kappa shape index (κ2) is 4.58. The van der Waals surface area contributed by atoms with E-state index in [1.54, 1.807) is 11.3 Å².